The summed E-state index contributed by atoms with van der Waals surface area (Å²) in [5, 5.41) is 59.4. The van der Waals surface area contributed by atoms with Gasteiger partial charge in [-0.15, -0.1) is 11.6 Å². The Hall–Kier alpha value is -9.07. The van der Waals surface area contributed by atoms with Crippen molar-refractivity contribution in [2.75, 3.05) is 43.3 Å². The Morgan fingerprint density at radius 2 is 0.950 bits per heavy atom. The number of nitro benzene ring substituents is 3. The van der Waals surface area contributed by atoms with Gasteiger partial charge in [0.05, 0.1) is 70.2 Å². The summed E-state index contributed by atoms with van der Waals surface area (Å²) >= 11 is 34.3. The molecule has 0 radical (unpaired) electrons. The molecule has 0 saturated heterocycles. The lowest BCUT2D eigenvalue weighted by Crippen LogP contribution is -2.17. The molecule has 0 bridgehead atoms. The Labute approximate surface area is 618 Å². The van der Waals surface area contributed by atoms with E-state index in [2.05, 4.69) is 36.6 Å². The van der Waals surface area contributed by atoms with Gasteiger partial charge in [0.2, 0.25) is 20.7 Å². The topological polar surface area (TPSA) is 366 Å². The average molecular weight is 1570 g/mol. The summed E-state index contributed by atoms with van der Waals surface area (Å²) < 4.78 is 31.3. The number of hydrogen-bond donors (Lipinski definition) is 6. The predicted octanol–water partition coefficient (Wildman–Crippen LogP) is 15.4. The molecule has 0 amide bonds. The third-order valence-electron chi connectivity index (χ3n) is 11.8. The van der Waals surface area contributed by atoms with Crippen molar-refractivity contribution in [3.63, 3.8) is 0 Å². The minimum absolute atomic E-state index is 0.0457. The van der Waals surface area contributed by atoms with Crippen LogP contribution in [0.5, 0.6) is 11.6 Å². The van der Waals surface area contributed by atoms with Crippen LogP contribution in [0.1, 0.15) is 34.7 Å². The van der Waals surface area contributed by atoms with E-state index in [0.29, 0.717) is 56.8 Å². The Bertz CT molecular complexity index is 4610. The van der Waals surface area contributed by atoms with Crippen molar-refractivity contribution in [1.82, 2.24) is 23.7 Å². The fraction of sp³-hybridized carbons (Fsp3) is 0.167. The van der Waals surface area contributed by atoms with Gasteiger partial charge in [0, 0.05) is 149 Å². The standard InChI is InChI=1S/C14H15ClN2O2.2C12H9ClN2O3.C12H11ClN2O.C6H3ClFNO2.C6H7NO.C2H5ClO.C2H6O.Cl2OS/c1-10-2-5-14(19)17(9-10)13-4-3-11(8-12(13)15)16-6-7-18;1-8-2-5-12(14-7-8)18-11-4-3-9(15(16)17)6-10(11)13;1-8-2-5-12(16)14(7-8)11-4-3-9(15(17)18)6-10(11)13;1-8-2-5-12(16)15(7-8)11-4-3-9(14)6-10(11)13;7-5-3-4(9(10)11)1-2-6(5)8;1-5-2-3-6(8)7-4-5;3-1-2-4;1-2-3;1-4(2)3/h2-5,8-9,16,18H,6-7H2,1H3;2*2-7H,1H3;2-7H,14H2,1H3;1-3H;2-4H,1H3,(H,7,8);4H,1-2H2;3H,2H2,1H3;. The van der Waals surface area contributed by atoms with Crippen LogP contribution in [-0.2, 0) is 9.23 Å². The van der Waals surface area contributed by atoms with Gasteiger partial charge in [-0.3, -0.25) is 63.2 Å². The molecule has 10 aromatic rings. The number of aliphatic hydroxyl groups excluding tert-OH is 3. The second-order valence-electron chi connectivity index (χ2n) is 19.8. The number of nitrogens with two attached hydrogens (primary N) is 1. The smallest absolute Gasteiger partial charge is 0.271 e. The van der Waals surface area contributed by atoms with Crippen LogP contribution >= 0.6 is 91.0 Å². The maximum Gasteiger partial charge on any atom is 0.271 e. The number of nitro groups is 3. The summed E-state index contributed by atoms with van der Waals surface area (Å²) in [5.74, 6) is 0.409. The predicted molar refractivity (Wildman–Crippen MR) is 399 cm³/mol. The van der Waals surface area contributed by atoms with Crippen molar-refractivity contribution >= 4 is 129 Å². The van der Waals surface area contributed by atoms with Gasteiger partial charge in [-0.1, -0.05) is 88.3 Å². The van der Waals surface area contributed by atoms with Crippen LogP contribution < -0.4 is 38.0 Å². The number of aromatic amines is 1. The van der Waals surface area contributed by atoms with Gasteiger partial charge in [0.1, 0.15) is 11.6 Å². The number of nitrogen functional groups attached to an aromatic ring is 1. The van der Waals surface area contributed by atoms with E-state index in [1.165, 1.54) is 74.4 Å². The molecule has 538 valence electrons. The zero-order valence-electron chi connectivity index (χ0n) is 54.1. The summed E-state index contributed by atoms with van der Waals surface area (Å²) in [6.45, 7) is 12.0. The fourth-order valence-electron chi connectivity index (χ4n) is 7.28. The van der Waals surface area contributed by atoms with E-state index in [-0.39, 0.29) is 74.2 Å². The van der Waals surface area contributed by atoms with Gasteiger partial charge in [0.25, 0.3) is 33.7 Å². The maximum absolute atomic E-state index is 12.4. The largest absolute Gasteiger partial charge is 0.437 e. The van der Waals surface area contributed by atoms with Crippen LogP contribution in [-0.4, -0.2) is 90.2 Å². The number of H-pyrrole nitrogens is 1. The molecule has 0 saturated carbocycles. The first-order valence-electron chi connectivity index (χ1n) is 28.7. The van der Waals surface area contributed by atoms with Crippen molar-refractivity contribution < 1.29 is 43.4 Å². The van der Waals surface area contributed by atoms with Crippen molar-refractivity contribution in [2.45, 2.75) is 41.5 Å². The fourth-order valence-corrected chi connectivity index (χ4v) is 8.49. The van der Waals surface area contributed by atoms with E-state index in [1.807, 2.05) is 46.8 Å². The number of aromatic nitrogens is 5. The maximum atomic E-state index is 12.4. The average Bonchev–Trinajstić information content (AvgIpc) is 0.839. The van der Waals surface area contributed by atoms with Gasteiger partial charge in [-0.2, -0.15) is 0 Å². The number of rotatable bonds is 12. The quantitative estimate of drug-likeness (QED) is 0.0217. The molecular formula is C66H65Cl8FN10O15S. The van der Waals surface area contributed by atoms with Gasteiger partial charge in [-0.25, -0.2) is 13.6 Å². The Morgan fingerprint density at radius 1 is 0.554 bits per heavy atom. The number of nitrogens with one attached hydrogen (secondary N) is 2. The minimum Gasteiger partial charge on any atom is -0.437 e. The lowest BCUT2D eigenvalue weighted by molar-refractivity contribution is -0.385. The zero-order chi connectivity index (χ0) is 76.1. The van der Waals surface area contributed by atoms with Crippen LogP contribution in [0.15, 0.2) is 202 Å². The van der Waals surface area contributed by atoms with Crippen LogP contribution in [0.4, 0.5) is 32.8 Å². The van der Waals surface area contributed by atoms with E-state index >= 15 is 0 Å². The molecule has 0 aliphatic heterocycles. The number of ether oxygens (including phenoxy) is 1. The summed E-state index contributed by atoms with van der Waals surface area (Å²) in [7, 11) is 7.36. The van der Waals surface area contributed by atoms with Crippen LogP contribution in [0.2, 0.25) is 25.1 Å². The molecule has 101 heavy (non-hydrogen) atoms. The van der Waals surface area contributed by atoms with Crippen LogP contribution in [0, 0.1) is 70.8 Å². The molecule has 0 spiro atoms. The lowest BCUT2D eigenvalue weighted by Gasteiger charge is -2.11. The summed E-state index contributed by atoms with van der Waals surface area (Å²) in [4.78, 5) is 81.8. The number of anilines is 2. The van der Waals surface area contributed by atoms with Gasteiger partial charge in [0.15, 0.2) is 0 Å². The molecule has 10 rings (SSSR count). The Balaban J connectivity index is 0.000000405. The second kappa shape index (κ2) is 46.4. The SMILES string of the molecule is CCO.Cc1ccc(=O)[nH]c1.Cc1ccc(=O)n(-c2ccc(N)cc2Cl)c1.Cc1ccc(=O)n(-c2ccc(NCCO)cc2Cl)c1.Cc1ccc(=O)n(-c2ccc([N+](=O)[O-])cc2Cl)c1.Cc1ccc(Oc2ccc([N+](=O)[O-])cc2Cl)nc1.O=S(Cl)Cl.O=[N+]([O-])c1ccc(F)c(Cl)c1.OCCCl. The molecule has 35 heteroatoms. The highest BCUT2D eigenvalue weighted by Gasteiger charge is 2.14. The number of halogens is 9. The number of alkyl halides is 1. The van der Waals surface area contributed by atoms with Crippen molar-refractivity contribution in [1.29, 1.82) is 0 Å². The molecule has 5 heterocycles. The molecule has 7 N–H and O–H groups in total. The second-order valence-corrected chi connectivity index (χ2v) is 24.7. The molecule has 0 atom stereocenters. The first-order chi connectivity index (χ1) is 47.7. The van der Waals surface area contributed by atoms with Crippen LogP contribution in [0.25, 0.3) is 17.1 Å². The van der Waals surface area contributed by atoms with Gasteiger partial charge in [-0.05, 0) is 124 Å². The Kier molecular flexibility index (Phi) is 40.4. The summed E-state index contributed by atoms with van der Waals surface area (Å²) in [6, 6.07) is 38.0. The summed E-state index contributed by atoms with van der Waals surface area (Å²) in [5.41, 5.74) is 12.7. The van der Waals surface area contributed by atoms with Crippen molar-refractivity contribution in [3.8, 4) is 28.7 Å². The molecule has 25 nitrogen and oxygen atoms in total. The van der Waals surface area contributed by atoms with Crippen LogP contribution in [0.3, 0.4) is 0 Å². The zero-order valence-corrected chi connectivity index (χ0v) is 61.0. The van der Waals surface area contributed by atoms with Crippen molar-refractivity contribution in [3.05, 3.63) is 313 Å². The molecule has 0 aliphatic rings. The van der Waals surface area contributed by atoms with Gasteiger partial charge < -0.3 is 36.1 Å². The Morgan fingerprint density at radius 3 is 1.32 bits per heavy atom. The minimum atomic E-state index is -1.67. The normalized spacial score (nSPS) is 9.85. The van der Waals surface area contributed by atoms with E-state index < -0.39 is 29.8 Å². The first-order valence-corrected chi connectivity index (χ1v) is 34.0. The lowest BCUT2D eigenvalue weighted by atomic mass is 10.2. The number of non-ortho nitro benzene ring substituents is 3. The van der Waals surface area contributed by atoms with Gasteiger partial charge >= 0.3 is 0 Å². The molecule has 0 fully saturated rings. The number of hydrogen-bond acceptors (Lipinski definition) is 18. The highest BCUT2D eigenvalue weighted by atomic mass is 36.0. The van der Waals surface area contributed by atoms with E-state index in [4.69, 9.17) is 99.6 Å². The van der Waals surface area contributed by atoms with Crippen molar-refractivity contribution in [2.24, 2.45) is 0 Å². The highest BCUT2D eigenvalue weighted by Crippen LogP contribution is 2.32. The number of pyridine rings is 5. The molecule has 0 unspecified atom stereocenters. The number of nitrogens with zero attached hydrogens (tertiary/aromatic N) is 7. The van der Waals surface area contributed by atoms with E-state index in [9.17, 15) is 53.9 Å². The molecular weight excluding hydrogens is 1510 g/mol. The first kappa shape index (κ1) is 88.0. The highest BCUT2D eigenvalue weighted by molar-refractivity contribution is 8.26. The third-order valence-corrected chi connectivity index (χ3v) is 13.5. The van der Waals surface area contributed by atoms with E-state index in [1.54, 1.807) is 98.6 Å². The molecule has 0 aliphatic carbocycles. The number of aryl methyl sites for hydroxylation is 5. The third kappa shape index (κ3) is 32.9. The molecule has 5 aromatic carbocycles. The molecule has 5 aromatic heterocycles. The number of aliphatic hydroxyl groups is 3. The monoisotopic (exact) mass is 1570 g/mol. The number of benzene rings is 5. The summed E-state index contributed by atoms with van der Waals surface area (Å²) in [6.07, 6.45) is 8.48. The van der Waals surface area contributed by atoms with E-state index in [0.717, 1.165) is 51.7 Å².